The van der Waals surface area contributed by atoms with Crippen LogP contribution in [0.1, 0.15) is 50.7 Å². The van der Waals surface area contributed by atoms with Gasteiger partial charge in [-0.05, 0) is 52.8 Å². The lowest BCUT2D eigenvalue weighted by atomic mass is 10.1. The second-order valence-corrected chi connectivity index (χ2v) is 9.15. The van der Waals surface area contributed by atoms with Crippen molar-refractivity contribution in [2.24, 2.45) is 0 Å². The van der Waals surface area contributed by atoms with Crippen molar-refractivity contribution in [3.8, 4) is 5.69 Å². The molecule has 3 rings (SSSR count). The van der Waals surface area contributed by atoms with E-state index < -0.39 is 29.7 Å². The van der Waals surface area contributed by atoms with Crippen LogP contribution in [0.5, 0.6) is 0 Å². The fraction of sp³-hybridized carbons (Fsp3) is 0.370. The van der Waals surface area contributed by atoms with Crippen molar-refractivity contribution in [2.75, 3.05) is 13.7 Å². The first kappa shape index (κ1) is 25.8. The summed E-state index contributed by atoms with van der Waals surface area (Å²) in [4.78, 5) is 39.5. The van der Waals surface area contributed by atoms with E-state index in [2.05, 4.69) is 0 Å². The number of esters is 2. The Morgan fingerprint density at radius 3 is 2.26 bits per heavy atom. The van der Waals surface area contributed by atoms with Gasteiger partial charge in [-0.15, -0.1) is 0 Å². The van der Waals surface area contributed by atoms with Gasteiger partial charge in [0, 0.05) is 18.1 Å². The zero-order valence-corrected chi connectivity index (χ0v) is 21.0. The first-order chi connectivity index (χ1) is 16.5. The van der Waals surface area contributed by atoms with E-state index in [1.54, 1.807) is 34.7 Å². The number of nitrogens with zero attached hydrogens (tertiary/aromatic N) is 2. The lowest BCUT2D eigenvalue weighted by Crippen LogP contribution is -2.37. The monoisotopic (exact) mass is 480 g/mol. The minimum atomic E-state index is -1.09. The van der Waals surface area contributed by atoms with Crippen molar-refractivity contribution in [3.05, 3.63) is 65.9 Å². The van der Waals surface area contributed by atoms with E-state index in [0.29, 0.717) is 16.6 Å². The first-order valence-electron chi connectivity index (χ1n) is 11.5. The number of aromatic nitrogens is 1. The van der Waals surface area contributed by atoms with E-state index in [-0.39, 0.29) is 13.2 Å². The molecule has 0 radical (unpaired) electrons. The Morgan fingerprint density at radius 1 is 1.00 bits per heavy atom. The summed E-state index contributed by atoms with van der Waals surface area (Å²) in [5.41, 5.74) is 1.89. The van der Waals surface area contributed by atoms with Crippen molar-refractivity contribution in [1.82, 2.24) is 9.47 Å². The molecule has 1 amide bonds. The zero-order chi connectivity index (χ0) is 25.8. The van der Waals surface area contributed by atoms with Gasteiger partial charge in [0.25, 0.3) is 0 Å². The Balaban J connectivity index is 1.99. The van der Waals surface area contributed by atoms with E-state index in [4.69, 9.17) is 14.2 Å². The molecule has 0 aliphatic heterocycles. The summed E-state index contributed by atoms with van der Waals surface area (Å²) >= 11 is 0. The van der Waals surface area contributed by atoms with Gasteiger partial charge in [0.1, 0.15) is 5.60 Å². The molecule has 0 saturated heterocycles. The molecule has 1 atom stereocenters. The third-order valence-electron chi connectivity index (χ3n) is 5.18. The van der Waals surface area contributed by atoms with Crippen molar-refractivity contribution >= 4 is 28.9 Å². The summed E-state index contributed by atoms with van der Waals surface area (Å²) in [5.74, 6) is -1.11. The lowest BCUT2D eigenvalue weighted by Gasteiger charge is -2.24. The molecule has 2 aromatic carbocycles. The van der Waals surface area contributed by atoms with Crippen LogP contribution in [0.2, 0.25) is 0 Å². The van der Waals surface area contributed by atoms with Crippen molar-refractivity contribution in [1.29, 1.82) is 0 Å². The van der Waals surface area contributed by atoms with Crippen LogP contribution < -0.4 is 0 Å². The second kappa shape index (κ2) is 10.6. The smallest absolute Gasteiger partial charge is 0.410 e. The summed E-state index contributed by atoms with van der Waals surface area (Å²) in [6, 6.07) is 17.1. The largest absolute Gasteiger partial charge is 0.462 e. The molecule has 8 heteroatoms. The van der Waals surface area contributed by atoms with Gasteiger partial charge in [-0.25, -0.2) is 14.4 Å². The average molecular weight is 481 g/mol. The van der Waals surface area contributed by atoms with Crippen LogP contribution in [-0.4, -0.2) is 52.9 Å². The Hall–Kier alpha value is -3.81. The van der Waals surface area contributed by atoms with Gasteiger partial charge in [0.05, 0.1) is 29.9 Å². The van der Waals surface area contributed by atoms with Crippen molar-refractivity contribution in [3.63, 3.8) is 0 Å². The molecule has 8 nitrogen and oxygen atoms in total. The number of carbonyl (C=O) groups is 3. The van der Waals surface area contributed by atoms with Crippen LogP contribution in [-0.2, 0) is 25.5 Å². The molecule has 0 saturated carbocycles. The van der Waals surface area contributed by atoms with E-state index in [9.17, 15) is 14.4 Å². The van der Waals surface area contributed by atoms with E-state index >= 15 is 0 Å². The summed E-state index contributed by atoms with van der Waals surface area (Å²) in [5, 5.41) is 0.716. The molecular formula is C27H32N2O6. The molecule has 1 unspecified atom stereocenters. The number of hydrogen-bond acceptors (Lipinski definition) is 6. The zero-order valence-electron chi connectivity index (χ0n) is 21.0. The summed E-state index contributed by atoms with van der Waals surface area (Å²) in [6.07, 6.45) is -1.81. The van der Waals surface area contributed by atoms with Crippen LogP contribution >= 0.6 is 0 Å². The summed E-state index contributed by atoms with van der Waals surface area (Å²) in [7, 11) is 1.55. The first-order valence-corrected chi connectivity index (χ1v) is 11.5. The van der Waals surface area contributed by atoms with Crippen LogP contribution in [0.15, 0.2) is 54.6 Å². The molecule has 35 heavy (non-hydrogen) atoms. The Kier molecular flexibility index (Phi) is 7.84. The van der Waals surface area contributed by atoms with E-state index in [1.807, 2.05) is 59.2 Å². The van der Waals surface area contributed by atoms with Crippen molar-refractivity contribution < 1.29 is 28.6 Å². The minimum Gasteiger partial charge on any atom is -0.462 e. The molecular weight excluding hydrogens is 448 g/mol. The maximum atomic E-state index is 13.0. The minimum absolute atomic E-state index is 0.0393. The predicted molar refractivity (Wildman–Crippen MR) is 132 cm³/mol. The van der Waals surface area contributed by atoms with Gasteiger partial charge in [0.2, 0.25) is 0 Å². The third kappa shape index (κ3) is 6.01. The van der Waals surface area contributed by atoms with Gasteiger partial charge in [-0.2, -0.15) is 0 Å². The molecule has 186 valence electrons. The quantitative estimate of drug-likeness (QED) is 0.345. The van der Waals surface area contributed by atoms with Crippen LogP contribution in [0, 0.1) is 0 Å². The van der Waals surface area contributed by atoms with Gasteiger partial charge in [-0.3, -0.25) is 0 Å². The highest BCUT2D eigenvalue weighted by molar-refractivity contribution is 6.06. The van der Waals surface area contributed by atoms with Gasteiger partial charge in [-0.1, -0.05) is 36.4 Å². The highest BCUT2D eigenvalue weighted by Crippen LogP contribution is 2.31. The molecule has 0 fully saturated rings. The summed E-state index contributed by atoms with van der Waals surface area (Å²) < 4.78 is 17.9. The fourth-order valence-corrected chi connectivity index (χ4v) is 3.71. The number of ether oxygens (including phenoxy) is 3. The van der Waals surface area contributed by atoms with Crippen LogP contribution in [0.25, 0.3) is 16.6 Å². The number of fused-ring (bicyclic) bond motifs is 1. The summed E-state index contributed by atoms with van der Waals surface area (Å²) in [6.45, 7) is 8.69. The van der Waals surface area contributed by atoms with E-state index in [0.717, 1.165) is 11.2 Å². The highest BCUT2D eigenvalue weighted by atomic mass is 16.6. The molecule has 0 N–H and O–H groups in total. The number of hydrogen-bond donors (Lipinski definition) is 0. The molecule has 1 heterocycles. The average Bonchev–Trinajstić information content (AvgIpc) is 3.12. The van der Waals surface area contributed by atoms with Gasteiger partial charge < -0.3 is 23.7 Å². The van der Waals surface area contributed by atoms with Crippen LogP contribution in [0.4, 0.5) is 4.79 Å². The lowest BCUT2D eigenvalue weighted by molar-refractivity contribution is -0.164. The molecule has 0 aliphatic carbocycles. The number of carbonyl (C=O) groups excluding carboxylic acids is 3. The normalized spacial score (nSPS) is 12.2. The maximum absolute atomic E-state index is 13.0. The Morgan fingerprint density at radius 2 is 1.63 bits per heavy atom. The molecule has 0 bridgehead atoms. The molecule has 0 spiro atoms. The second-order valence-electron chi connectivity index (χ2n) is 9.15. The number of benzene rings is 2. The third-order valence-corrected chi connectivity index (χ3v) is 5.18. The Bertz CT molecular complexity index is 1210. The number of para-hydroxylation sites is 2. The number of rotatable bonds is 7. The standard InChI is InChI=1S/C27H32N2O6/c1-7-33-25(31)23-20-15-11-12-16-21(20)29(19-13-9-8-10-14-19)22(23)17-28(6)26(32)34-18(2)24(30)35-27(3,4)5/h8-16,18H,7,17H2,1-6H3. The molecule has 3 aromatic rings. The van der Waals surface area contributed by atoms with E-state index in [1.165, 1.54) is 11.8 Å². The van der Waals surface area contributed by atoms with Crippen molar-refractivity contribution in [2.45, 2.75) is 52.9 Å². The topological polar surface area (TPSA) is 87.1 Å². The Labute approximate surface area is 205 Å². The number of amides is 1. The molecule has 0 aliphatic rings. The molecule has 1 aromatic heterocycles. The fourth-order valence-electron chi connectivity index (χ4n) is 3.71. The SMILES string of the molecule is CCOC(=O)c1c(CN(C)C(=O)OC(C)C(=O)OC(C)(C)C)n(-c2ccccc2)c2ccccc12. The van der Waals surface area contributed by atoms with Gasteiger partial charge >= 0.3 is 18.0 Å². The van der Waals surface area contributed by atoms with Gasteiger partial charge in [0.15, 0.2) is 6.10 Å². The maximum Gasteiger partial charge on any atom is 0.410 e. The van der Waals surface area contributed by atoms with Crippen LogP contribution in [0.3, 0.4) is 0 Å². The highest BCUT2D eigenvalue weighted by Gasteiger charge is 2.29. The predicted octanol–water partition coefficient (Wildman–Crippen LogP) is 5.11.